The Labute approximate surface area is 184 Å². The molecule has 1 fully saturated rings. The molecule has 5 nitrogen and oxygen atoms in total. The minimum atomic E-state index is -0.250. The van der Waals surface area contributed by atoms with Gasteiger partial charge in [0.1, 0.15) is 5.82 Å². The van der Waals surface area contributed by atoms with E-state index in [-0.39, 0.29) is 36.3 Å². The number of piperazine rings is 1. The van der Waals surface area contributed by atoms with Crippen molar-refractivity contribution < 1.29 is 13.9 Å². The fraction of sp³-hybridized carbons (Fsp3) is 0.435. The van der Waals surface area contributed by atoms with Crippen molar-refractivity contribution in [2.75, 3.05) is 26.2 Å². The highest BCUT2D eigenvalue weighted by Gasteiger charge is 2.25. The molecule has 30 heavy (non-hydrogen) atoms. The molecular formula is C23H31ClFN3O2. The summed E-state index contributed by atoms with van der Waals surface area (Å²) >= 11 is 0. The second kappa shape index (κ2) is 12.0. The first-order valence-corrected chi connectivity index (χ1v) is 10.2. The average Bonchev–Trinajstić information content (AvgIpc) is 2.72. The van der Waals surface area contributed by atoms with Gasteiger partial charge in [-0.15, -0.1) is 12.4 Å². The number of halogens is 2. The number of carbonyl (C=O) groups is 1. The Bertz CT molecular complexity index is 801. The maximum atomic E-state index is 13.6. The first-order valence-electron chi connectivity index (χ1n) is 10.2. The molecular weight excluding hydrogens is 405 g/mol. The van der Waals surface area contributed by atoms with Crippen LogP contribution in [0.25, 0.3) is 0 Å². The van der Waals surface area contributed by atoms with Crippen LogP contribution in [0.2, 0.25) is 0 Å². The van der Waals surface area contributed by atoms with Gasteiger partial charge in [0, 0.05) is 32.2 Å². The Morgan fingerprint density at radius 3 is 2.67 bits per heavy atom. The molecule has 1 saturated heterocycles. The number of ether oxygens (including phenoxy) is 1. The molecule has 2 N–H and O–H groups in total. The Hall–Kier alpha value is -1.99. The number of carbonyl (C=O) groups excluding carboxylic acids is 1. The van der Waals surface area contributed by atoms with Crippen molar-refractivity contribution in [1.29, 1.82) is 0 Å². The van der Waals surface area contributed by atoms with Gasteiger partial charge in [-0.05, 0) is 42.7 Å². The molecule has 2 aromatic rings. The van der Waals surface area contributed by atoms with Crippen molar-refractivity contribution in [3.63, 3.8) is 0 Å². The van der Waals surface area contributed by atoms with Gasteiger partial charge in [0.15, 0.2) is 0 Å². The first kappa shape index (κ1) is 24.3. The summed E-state index contributed by atoms with van der Waals surface area (Å²) in [5, 5.41) is 6.32. The van der Waals surface area contributed by atoms with Crippen LogP contribution in [-0.2, 0) is 22.7 Å². The van der Waals surface area contributed by atoms with Gasteiger partial charge in [-0.25, -0.2) is 4.39 Å². The summed E-state index contributed by atoms with van der Waals surface area (Å²) in [7, 11) is 0. The van der Waals surface area contributed by atoms with Crippen molar-refractivity contribution >= 4 is 18.3 Å². The van der Waals surface area contributed by atoms with E-state index in [0.717, 1.165) is 29.8 Å². The van der Waals surface area contributed by atoms with Crippen molar-refractivity contribution in [2.24, 2.45) is 0 Å². The van der Waals surface area contributed by atoms with Crippen LogP contribution >= 0.6 is 12.4 Å². The Balaban J connectivity index is 0.00000320. The van der Waals surface area contributed by atoms with Crippen molar-refractivity contribution in [2.45, 2.75) is 39.1 Å². The maximum Gasteiger partial charge on any atom is 0.234 e. The van der Waals surface area contributed by atoms with Gasteiger partial charge < -0.3 is 15.4 Å². The molecule has 2 aromatic carbocycles. The molecule has 3 rings (SSSR count). The van der Waals surface area contributed by atoms with Crippen molar-refractivity contribution in [1.82, 2.24) is 15.5 Å². The summed E-state index contributed by atoms with van der Waals surface area (Å²) in [6.07, 6.45) is 0.204. The number of hydrogen-bond donors (Lipinski definition) is 2. The molecule has 164 valence electrons. The average molecular weight is 436 g/mol. The summed E-state index contributed by atoms with van der Waals surface area (Å²) in [5.41, 5.74) is 3.06. The molecule has 1 aliphatic heterocycles. The monoisotopic (exact) mass is 435 g/mol. The minimum absolute atomic E-state index is 0. The molecule has 0 spiro atoms. The fourth-order valence-electron chi connectivity index (χ4n) is 3.44. The largest absolute Gasteiger partial charge is 0.374 e. The molecule has 1 amide bonds. The Morgan fingerprint density at radius 2 is 1.97 bits per heavy atom. The van der Waals surface area contributed by atoms with E-state index in [4.69, 9.17) is 4.74 Å². The zero-order chi connectivity index (χ0) is 20.6. The SMILES string of the molecule is CC(C)OCc1ccc(CNC(=O)CN2CCNCC2c2cccc(F)c2)cc1.Cl. The Kier molecular flexibility index (Phi) is 9.72. The third-order valence-corrected chi connectivity index (χ3v) is 5.03. The lowest BCUT2D eigenvalue weighted by molar-refractivity contribution is -0.123. The summed E-state index contributed by atoms with van der Waals surface area (Å²) in [6, 6.07) is 14.7. The van der Waals surface area contributed by atoms with E-state index < -0.39 is 0 Å². The lowest BCUT2D eigenvalue weighted by atomic mass is 10.0. The van der Waals surface area contributed by atoms with Gasteiger partial charge in [-0.2, -0.15) is 0 Å². The van der Waals surface area contributed by atoms with Gasteiger partial charge in [0.05, 0.1) is 19.3 Å². The number of hydrogen-bond acceptors (Lipinski definition) is 4. The zero-order valence-corrected chi connectivity index (χ0v) is 18.4. The second-order valence-electron chi connectivity index (χ2n) is 7.70. The lowest BCUT2D eigenvalue weighted by Gasteiger charge is -2.36. The van der Waals surface area contributed by atoms with Crippen LogP contribution in [0, 0.1) is 5.82 Å². The van der Waals surface area contributed by atoms with Crippen molar-refractivity contribution in [3.8, 4) is 0 Å². The minimum Gasteiger partial charge on any atom is -0.374 e. The van der Waals surface area contributed by atoms with Crippen LogP contribution in [0.4, 0.5) is 4.39 Å². The number of nitrogens with zero attached hydrogens (tertiary/aromatic N) is 1. The molecule has 0 bridgehead atoms. The topological polar surface area (TPSA) is 53.6 Å². The van der Waals surface area contributed by atoms with E-state index in [0.29, 0.717) is 26.2 Å². The molecule has 0 radical (unpaired) electrons. The standard InChI is InChI=1S/C23H30FN3O2.ClH/c1-17(2)29-16-19-8-6-18(7-9-19)13-26-23(28)15-27-11-10-25-14-22(27)20-4-3-5-21(24)12-20;/h3-9,12,17,22,25H,10-11,13-16H2,1-2H3,(H,26,28);1H. The molecule has 0 aromatic heterocycles. The number of benzene rings is 2. The van der Waals surface area contributed by atoms with Gasteiger partial charge in [0.2, 0.25) is 5.91 Å². The molecule has 1 aliphatic rings. The highest BCUT2D eigenvalue weighted by molar-refractivity contribution is 5.85. The third kappa shape index (κ3) is 7.36. The molecule has 0 saturated carbocycles. The summed E-state index contributed by atoms with van der Waals surface area (Å²) < 4.78 is 19.2. The zero-order valence-electron chi connectivity index (χ0n) is 17.6. The number of amides is 1. The summed E-state index contributed by atoms with van der Waals surface area (Å²) in [4.78, 5) is 14.6. The van der Waals surface area contributed by atoms with E-state index in [9.17, 15) is 9.18 Å². The Morgan fingerprint density at radius 1 is 1.23 bits per heavy atom. The van der Waals surface area contributed by atoms with E-state index >= 15 is 0 Å². The normalized spacial score (nSPS) is 16.9. The predicted molar refractivity (Wildman–Crippen MR) is 119 cm³/mol. The van der Waals surface area contributed by atoms with Crippen LogP contribution in [0.1, 0.15) is 36.6 Å². The maximum absolute atomic E-state index is 13.6. The molecule has 0 aliphatic carbocycles. The van der Waals surface area contributed by atoms with E-state index in [1.807, 2.05) is 44.2 Å². The predicted octanol–water partition coefficient (Wildman–Crippen LogP) is 3.44. The van der Waals surface area contributed by atoms with Crippen LogP contribution in [0.15, 0.2) is 48.5 Å². The van der Waals surface area contributed by atoms with Gasteiger partial charge in [-0.3, -0.25) is 9.69 Å². The molecule has 1 heterocycles. The van der Waals surface area contributed by atoms with Crippen molar-refractivity contribution in [3.05, 3.63) is 71.0 Å². The fourth-order valence-corrected chi connectivity index (χ4v) is 3.44. The quantitative estimate of drug-likeness (QED) is 0.667. The summed E-state index contributed by atoms with van der Waals surface area (Å²) in [6.45, 7) is 7.68. The number of nitrogens with one attached hydrogen (secondary N) is 2. The van der Waals surface area contributed by atoms with E-state index in [1.165, 1.54) is 6.07 Å². The van der Waals surface area contributed by atoms with Gasteiger partial charge in [-0.1, -0.05) is 36.4 Å². The van der Waals surface area contributed by atoms with Crippen LogP contribution in [-0.4, -0.2) is 43.1 Å². The smallest absolute Gasteiger partial charge is 0.234 e. The second-order valence-corrected chi connectivity index (χ2v) is 7.70. The van der Waals surface area contributed by atoms with Crippen LogP contribution in [0.3, 0.4) is 0 Å². The van der Waals surface area contributed by atoms with E-state index in [2.05, 4.69) is 15.5 Å². The lowest BCUT2D eigenvalue weighted by Crippen LogP contribution is -2.49. The molecule has 7 heteroatoms. The van der Waals surface area contributed by atoms with Gasteiger partial charge >= 0.3 is 0 Å². The molecule has 1 atom stereocenters. The van der Waals surface area contributed by atoms with Crippen LogP contribution < -0.4 is 10.6 Å². The number of rotatable bonds is 8. The summed E-state index contributed by atoms with van der Waals surface area (Å²) in [5.74, 6) is -0.278. The molecule has 1 unspecified atom stereocenters. The third-order valence-electron chi connectivity index (χ3n) is 5.03. The van der Waals surface area contributed by atoms with Gasteiger partial charge in [0.25, 0.3) is 0 Å². The highest BCUT2D eigenvalue weighted by atomic mass is 35.5. The highest BCUT2D eigenvalue weighted by Crippen LogP contribution is 2.22. The van der Waals surface area contributed by atoms with E-state index in [1.54, 1.807) is 12.1 Å². The van der Waals surface area contributed by atoms with Crippen LogP contribution in [0.5, 0.6) is 0 Å². The first-order chi connectivity index (χ1) is 14.0.